The lowest BCUT2D eigenvalue weighted by molar-refractivity contribution is 0.0696. The summed E-state index contributed by atoms with van der Waals surface area (Å²) in [6.07, 6.45) is 5.35. The van der Waals surface area contributed by atoms with Crippen LogP contribution >= 0.6 is 0 Å². The number of para-hydroxylation sites is 1. The van der Waals surface area contributed by atoms with Crippen LogP contribution in [0.25, 0.3) is 0 Å². The number of hydrogen-bond acceptors (Lipinski definition) is 4. The van der Waals surface area contributed by atoms with Gasteiger partial charge in [0, 0.05) is 31.2 Å². The Balaban J connectivity index is 1.67. The van der Waals surface area contributed by atoms with Crippen LogP contribution in [0.4, 0.5) is 11.6 Å². The SMILES string of the molecule is Cc1ccccc1Nc1ncc(C(=O)N2CCC(C)CC2)cn1. The lowest BCUT2D eigenvalue weighted by Gasteiger charge is -2.30. The minimum absolute atomic E-state index is 0.0272. The first kappa shape index (κ1) is 15.5. The van der Waals surface area contributed by atoms with Crippen LogP contribution < -0.4 is 5.32 Å². The number of nitrogens with zero attached hydrogens (tertiary/aromatic N) is 3. The largest absolute Gasteiger partial charge is 0.339 e. The molecule has 1 fully saturated rings. The van der Waals surface area contributed by atoms with Crippen molar-refractivity contribution < 1.29 is 4.79 Å². The molecule has 2 aromatic rings. The summed E-state index contributed by atoms with van der Waals surface area (Å²) >= 11 is 0. The lowest BCUT2D eigenvalue weighted by atomic mass is 9.99. The van der Waals surface area contributed by atoms with Gasteiger partial charge in [-0.3, -0.25) is 4.79 Å². The minimum atomic E-state index is 0.0272. The molecule has 2 heterocycles. The first-order valence-electron chi connectivity index (χ1n) is 8.07. The molecule has 120 valence electrons. The second-order valence-corrected chi connectivity index (χ2v) is 6.21. The van der Waals surface area contributed by atoms with E-state index in [1.54, 1.807) is 12.4 Å². The molecule has 23 heavy (non-hydrogen) atoms. The summed E-state index contributed by atoms with van der Waals surface area (Å²) in [6.45, 7) is 5.90. The fraction of sp³-hybridized carbons (Fsp3) is 0.389. The van der Waals surface area contributed by atoms with E-state index in [4.69, 9.17) is 0 Å². The monoisotopic (exact) mass is 310 g/mol. The number of nitrogens with one attached hydrogen (secondary N) is 1. The average molecular weight is 310 g/mol. The van der Waals surface area contributed by atoms with Gasteiger partial charge in [-0.05, 0) is 37.3 Å². The van der Waals surface area contributed by atoms with Crippen molar-refractivity contribution >= 4 is 17.5 Å². The molecule has 0 aliphatic carbocycles. The second-order valence-electron chi connectivity index (χ2n) is 6.21. The van der Waals surface area contributed by atoms with Crippen LogP contribution in [0.15, 0.2) is 36.7 Å². The number of benzene rings is 1. The first-order valence-corrected chi connectivity index (χ1v) is 8.07. The summed E-state index contributed by atoms with van der Waals surface area (Å²) in [4.78, 5) is 22.9. The topological polar surface area (TPSA) is 58.1 Å². The molecule has 1 N–H and O–H groups in total. The summed E-state index contributed by atoms with van der Waals surface area (Å²) in [6, 6.07) is 7.96. The lowest BCUT2D eigenvalue weighted by Crippen LogP contribution is -2.38. The van der Waals surface area contributed by atoms with Crippen LogP contribution in [0.2, 0.25) is 0 Å². The Labute approximate surface area is 136 Å². The van der Waals surface area contributed by atoms with Crippen LogP contribution in [-0.2, 0) is 0 Å². The number of aromatic nitrogens is 2. The average Bonchev–Trinajstić information content (AvgIpc) is 2.58. The van der Waals surface area contributed by atoms with E-state index < -0.39 is 0 Å². The molecule has 1 amide bonds. The number of carbonyl (C=O) groups is 1. The Kier molecular flexibility index (Phi) is 4.55. The summed E-state index contributed by atoms with van der Waals surface area (Å²) in [5.74, 6) is 1.23. The van der Waals surface area contributed by atoms with Gasteiger partial charge in [-0.2, -0.15) is 0 Å². The Bertz CT molecular complexity index is 676. The zero-order valence-corrected chi connectivity index (χ0v) is 13.6. The number of piperidine rings is 1. The number of anilines is 2. The van der Waals surface area contributed by atoms with Crippen molar-refractivity contribution in [3.05, 3.63) is 47.8 Å². The normalized spacial score (nSPS) is 15.5. The van der Waals surface area contributed by atoms with Crippen molar-refractivity contribution in [1.29, 1.82) is 0 Å². The number of rotatable bonds is 3. The standard InChI is InChI=1S/C18H22N4O/c1-13-7-9-22(10-8-13)17(23)15-11-19-18(20-12-15)21-16-6-4-3-5-14(16)2/h3-6,11-13H,7-10H2,1-2H3,(H,19,20,21). The van der Waals surface area contributed by atoms with Gasteiger partial charge in [-0.25, -0.2) is 9.97 Å². The maximum atomic E-state index is 12.5. The molecule has 0 atom stereocenters. The van der Waals surface area contributed by atoms with Crippen LogP contribution in [0, 0.1) is 12.8 Å². The number of likely N-dealkylation sites (tertiary alicyclic amines) is 1. The van der Waals surface area contributed by atoms with Gasteiger partial charge in [0.05, 0.1) is 5.56 Å². The van der Waals surface area contributed by atoms with Crippen molar-refractivity contribution in [2.24, 2.45) is 5.92 Å². The maximum Gasteiger partial charge on any atom is 0.256 e. The molecule has 3 rings (SSSR count). The summed E-state index contributed by atoms with van der Waals surface area (Å²) in [5, 5.41) is 3.18. The van der Waals surface area contributed by atoms with E-state index in [0.29, 0.717) is 17.4 Å². The number of aryl methyl sites for hydroxylation is 1. The summed E-state index contributed by atoms with van der Waals surface area (Å²) < 4.78 is 0. The summed E-state index contributed by atoms with van der Waals surface area (Å²) in [5.41, 5.74) is 2.64. The second kappa shape index (κ2) is 6.77. The van der Waals surface area contributed by atoms with Crippen molar-refractivity contribution in [3.63, 3.8) is 0 Å². The third-order valence-electron chi connectivity index (χ3n) is 4.36. The summed E-state index contributed by atoms with van der Waals surface area (Å²) in [7, 11) is 0. The third-order valence-corrected chi connectivity index (χ3v) is 4.36. The van der Waals surface area contributed by atoms with E-state index in [9.17, 15) is 4.79 Å². The molecule has 0 unspecified atom stereocenters. The fourth-order valence-electron chi connectivity index (χ4n) is 2.73. The molecule has 1 aromatic carbocycles. The Morgan fingerprint density at radius 2 is 1.83 bits per heavy atom. The third kappa shape index (κ3) is 3.67. The Morgan fingerprint density at radius 1 is 1.17 bits per heavy atom. The molecular formula is C18H22N4O. The molecule has 1 aliphatic rings. The maximum absolute atomic E-state index is 12.5. The van der Waals surface area contributed by atoms with Crippen LogP contribution in [0.5, 0.6) is 0 Å². The van der Waals surface area contributed by atoms with Gasteiger partial charge in [-0.15, -0.1) is 0 Å². The molecule has 1 saturated heterocycles. The van der Waals surface area contributed by atoms with E-state index in [1.807, 2.05) is 36.1 Å². The van der Waals surface area contributed by atoms with E-state index in [2.05, 4.69) is 22.2 Å². The molecule has 1 aliphatic heterocycles. The molecule has 0 radical (unpaired) electrons. The van der Waals surface area contributed by atoms with Crippen molar-refractivity contribution in [3.8, 4) is 0 Å². The van der Waals surface area contributed by atoms with Crippen LogP contribution in [-0.4, -0.2) is 33.9 Å². The van der Waals surface area contributed by atoms with Gasteiger partial charge in [0.25, 0.3) is 5.91 Å². The fourth-order valence-corrected chi connectivity index (χ4v) is 2.73. The van der Waals surface area contributed by atoms with Crippen LogP contribution in [0.1, 0.15) is 35.7 Å². The van der Waals surface area contributed by atoms with Crippen molar-refractivity contribution in [1.82, 2.24) is 14.9 Å². The van der Waals surface area contributed by atoms with Gasteiger partial charge < -0.3 is 10.2 Å². The first-order chi connectivity index (χ1) is 11.1. The Hall–Kier alpha value is -2.43. The van der Waals surface area contributed by atoms with E-state index >= 15 is 0 Å². The molecular weight excluding hydrogens is 288 g/mol. The van der Waals surface area contributed by atoms with E-state index in [1.165, 1.54) is 0 Å². The predicted octanol–water partition coefficient (Wildman–Crippen LogP) is 3.40. The highest BCUT2D eigenvalue weighted by atomic mass is 16.2. The van der Waals surface area contributed by atoms with Gasteiger partial charge in [0.15, 0.2) is 0 Å². The zero-order valence-electron chi connectivity index (χ0n) is 13.6. The van der Waals surface area contributed by atoms with E-state index in [-0.39, 0.29) is 5.91 Å². The quantitative estimate of drug-likeness (QED) is 0.944. The molecule has 0 spiro atoms. The smallest absolute Gasteiger partial charge is 0.256 e. The number of amides is 1. The highest BCUT2D eigenvalue weighted by Crippen LogP contribution is 2.19. The van der Waals surface area contributed by atoms with Crippen molar-refractivity contribution in [2.75, 3.05) is 18.4 Å². The highest BCUT2D eigenvalue weighted by Gasteiger charge is 2.21. The predicted molar refractivity (Wildman–Crippen MR) is 90.8 cm³/mol. The molecule has 0 bridgehead atoms. The van der Waals surface area contributed by atoms with Gasteiger partial charge >= 0.3 is 0 Å². The van der Waals surface area contributed by atoms with Crippen molar-refractivity contribution in [2.45, 2.75) is 26.7 Å². The number of hydrogen-bond donors (Lipinski definition) is 1. The van der Waals surface area contributed by atoms with Gasteiger partial charge in [-0.1, -0.05) is 25.1 Å². The van der Waals surface area contributed by atoms with Crippen LogP contribution in [0.3, 0.4) is 0 Å². The highest BCUT2D eigenvalue weighted by molar-refractivity contribution is 5.93. The van der Waals surface area contributed by atoms with E-state index in [0.717, 1.165) is 37.2 Å². The minimum Gasteiger partial charge on any atom is -0.339 e. The van der Waals surface area contributed by atoms with Gasteiger partial charge in [0.2, 0.25) is 5.95 Å². The van der Waals surface area contributed by atoms with Gasteiger partial charge in [0.1, 0.15) is 0 Å². The zero-order chi connectivity index (χ0) is 16.2. The molecule has 0 saturated carbocycles. The Morgan fingerprint density at radius 3 is 2.48 bits per heavy atom. The molecule has 5 heteroatoms. The molecule has 5 nitrogen and oxygen atoms in total. The number of carbonyl (C=O) groups excluding carboxylic acids is 1. The molecule has 1 aromatic heterocycles.